The van der Waals surface area contributed by atoms with Crippen LogP contribution < -0.4 is 4.90 Å². The Kier molecular flexibility index (Phi) is 5.18. The van der Waals surface area contributed by atoms with Crippen molar-refractivity contribution in [1.82, 2.24) is 25.1 Å². The van der Waals surface area contributed by atoms with E-state index in [4.69, 9.17) is 9.72 Å². The highest BCUT2D eigenvalue weighted by Gasteiger charge is 2.37. The summed E-state index contributed by atoms with van der Waals surface area (Å²) in [5.74, 6) is 0.898. The molecule has 3 aliphatic heterocycles. The second-order valence-corrected chi connectivity index (χ2v) is 8.18. The van der Waals surface area contributed by atoms with Crippen molar-refractivity contribution in [3.05, 3.63) is 24.2 Å². The van der Waals surface area contributed by atoms with Crippen LogP contribution in [0.25, 0.3) is 11.3 Å². The third-order valence-corrected chi connectivity index (χ3v) is 6.30. The van der Waals surface area contributed by atoms with Gasteiger partial charge in [0.05, 0.1) is 23.6 Å². The van der Waals surface area contributed by atoms with E-state index in [9.17, 15) is 4.79 Å². The summed E-state index contributed by atoms with van der Waals surface area (Å²) in [6.45, 7) is 3.47. The molecule has 154 valence electrons. The number of aromatic nitrogens is 4. The molecule has 8 heteroatoms. The predicted octanol–water partition coefficient (Wildman–Crippen LogP) is 2.70. The Morgan fingerprint density at radius 3 is 2.83 bits per heavy atom. The minimum atomic E-state index is -0.295. The first-order valence-electron chi connectivity index (χ1n) is 10.8. The average molecular weight is 396 g/mol. The molecule has 2 aromatic rings. The van der Waals surface area contributed by atoms with E-state index >= 15 is 0 Å². The molecule has 3 aliphatic rings. The first-order chi connectivity index (χ1) is 14.3. The number of ether oxygens (including phenoxy) is 1. The van der Waals surface area contributed by atoms with E-state index in [0.29, 0.717) is 6.61 Å². The molecule has 1 amide bonds. The molecule has 0 radical (unpaired) electrons. The molecule has 2 atom stereocenters. The number of carbonyl (C=O) groups excluding carboxylic acids is 1. The maximum Gasteiger partial charge on any atom is 0.252 e. The molecular weight excluding hydrogens is 368 g/mol. The van der Waals surface area contributed by atoms with Gasteiger partial charge in [0.25, 0.3) is 5.91 Å². The Morgan fingerprint density at radius 1 is 1.10 bits per heavy atom. The summed E-state index contributed by atoms with van der Waals surface area (Å²) in [7, 11) is 0. The summed E-state index contributed by atoms with van der Waals surface area (Å²) < 4.78 is 5.76. The van der Waals surface area contributed by atoms with E-state index < -0.39 is 0 Å². The Bertz CT molecular complexity index is 856. The molecule has 2 aromatic heterocycles. The topological polar surface area (TPSA) is 87.2 Å². The Balaban J connectivity index is 1.41. The molecular formula is C21H28N6O2. The lowest BCUT2D eigenvalue weighted by molar-refractivity contribution is -0.147. The van der Waals surface area contributed by atoms with E-state index in [1.54, 1.807) is 0 Å². The number of nitrogens with one attached hydrogen (secondary N) is 1. The van der Waals surface area contributed by atoms with Gasteiger partial charge in [0.15, 0.2) is 0 Å². The summed E-state index contributed by atoms with van der Waals surface area (Å²) in [4.78, 5) is 26.6. The number of amides is 1. The average Bonchev–Trinajstić information content (AvgIpc) is 3.55. The van der Waals surface area contributed by atoms with Crippen molar-refractivity contribution in [2.24, 2.45) is 0 Å². The zero-order chi connectivity index (χ0) is 19.6. The number of hydrogen-bond donors (Lipinski definition) is 1. The van der Waals surface area contributed by atoms with Crippen molar-refractivity contribution < 1.29 is 9.53 Å². The fourth-order valence-corrected chi connectivity index (χ4v) is 4.77. The summed E-state index contributed by atoms with van der Waals surface area (Å²) in [6.07, 6.45) is 10.6. The lowest BCUT2D eigenvalue weighted by Gasteiger charge is -2.30. The lowest BCUT2D eigenvalue weighted by atomic mass is 10.0. The van der Waals surface area contributed by atoms with Gasteiger partial charge in [-0.15, -0.1) is 0 Å². The van der Waals surface area contributed by atoms with Crippen LogP contribution in [0.2, 0.25) is 0 Å². The normalized spacial score (nSPS) is 25.0. The van der Waals surface area contributed by atoms with Gasteiger partial charge in [0, 0.05) is 38.0 Å². The number of carbonyl (C=O) groups is 1. The van der Waals surface area contributed by atoms with Crippen LogP contribution in [0.15, 0.2) is 18.5 Å². The SMILES string of the molecule is O=C([C@H]1CCCCO1)N1CCC[C@@H]1c1[nH]ncc1-c1ccnc(N2CCCC2)n1. The molecule has 0 unspecified atom stereocenters. The fraction of sp³-hybridized carbons (Fsp3) is 0.619. The smallest absolute Gasteiger partial charge is 0.252 e. The van der Waals surface area contributed by atoms with Gasteiger partial charge in [-0.3, -0.25) is 9.89 Å². The van der Waals surface area contributed by atoms with E-state index in [1.807, 2.05) is 23.4 Å². The second-order valence-electron chi connectivity index (χ2n) is 8.18. The zero-order valence-electron chi connectivity index (χ0n) is 16.7. The number of aromatic amines is 1. The predicted molar refractivity (Wildman–Crippen MR) is 108 cm³/mol. The van der Waals surface area contributed by atoms with Gasteiger partial charge < -0.3 is 14.5 Å². The van der Waals surface area contributed by atoms with Crippen LogP contribution in [0.4, 0.5) is 5.95 Å². The molecule has 1 N–H and O–H groups in total. The molecule has 0 saturated carbocycles. The summed E-state index contributed by atoms with van der Waals surface area (Å²) >= 11 is 0. The van der Waals surface area contributed by atoms with Crippen molar-refractivity contribution in [3.63, 3.8) is 0 Å². The number of nitrogens with zero attached hydrogens (tertiary/aromatic N) is 5. The standard InChI is InChI=1S/C21H28N6O2/c28-20(18-7-1-4-13-29-18)27-12-5-6-17(27)19-15(14-23-25-19)16-8-9-22-21(24-16)26-10-2-3-11-26/h8-9,14,17-18H,1-7,10-13H2,(H,23,25)/t17-,18-/m1/s1. The summed E-state index contributed by atoms with van der Waals surface area (Å²) in [6, 6.07) is 1.93. The van der Waals surface area contributed by atoms with E-state index in [1.165, 1.54) is 12.8 Å². The van der Waals surface area contributed by atoms with Crippen LogP contribution in [0.1, 0.15) is 56.7 Å². The molecule has 0 spiro atoms. The van der Waals surface area contributed by atoms with Crippen LogP contribution in [-0.2, 0) is 9.53 Å². The first kappa shape index (κ1) is 18.5. The van der Waals surface area contributed by atoms with E-state index in [-0.39, 0.29) is 18.1 Å². The van der Waals surface area contributed by atoms with Crippen LogP contribution in [0, 0.1) is 0 Å². The molecule has 3 fully saturated rings. The number of H-pyrrole nitrogens is 1. The van der Waals surface area contributed by atoms with Crippen LogP contribution in [0.5, 0.6) is 0 Å². The van der Waals surface area contributed by atoms with Crippen molar-refractivity contribution in [1.29, 1.82) is 0 Å². The fourth-order valence-electron chi connectivity index (χ4n) is 4.77. The molecule has 0 aromatic carbocycles. The van der Waals surface area contributed by atoms with Gasteiger partial charge >= 0.3 is 0 Å². The molecule has 5 rings (SSSR count). The van der Waals surface area contributed by atoms with Gasteiger partial charge in [0.2, 0.25) is 5.95 Å². The highest BCUT2D eigenvalue weighted by molar-refractivity contribution is 5.82. The molecule has 0 aliphatic carbocycles. The lowest BCUT2D eigenvalue weighted by Crippen LogP contribution is -2.41. The molecule has 5 heterocycles. The second kappa shape index (κ2) is 8.10. The first-order valence-corrected chi connectivity index (χ1v) is 10.8. The molecule has 8 nitrogen and oxygen atoms in total. The number of likely N-dealkylation sites (tertiary alicyclic amines) is 1. The van der Waals surface area contributed by atoms with Gasteiger partial charge in [-0.1, -0.05) is 0 Å². The van der Waals surface area contributed by atoms with E-state index in [2.05, 4.69) is 20.1 Å². The monoisotopic (exact) mass is 396 g/mol. The Morgan fingerprint density at radius 2 is 2.00 bits per heavy atom. The van der Waals surface area contributed by atoms with Gasteiger partial charge in [-0.2, -0.15) is 5.10 Å². The molecule has 3 saturated heterocycles. The number of rotatable bonds is 4. The third kappa shape index (κ3) is 3.61. The Hall–Kier alpha value is -2.48. The quantitative estimate of drug-likeness (QED) is 0.855. The van der Waals surface area contributed by atoms with Crippen LogP contribution in [0.3, 0.4) is 0 Å². The zero-order valence-corrected chi connectivity index (χ0v) is 16.7. The molecule has 0 bridgehead atoms. The van der Waals surface area contributed by atoms with E-state index in [0.717, 1.165) is 74.6 Å². The van der Waals surface area contributed by atoms with Crippen molar-refractivity contribution in [3.8, 4) is 11.3 Å². The van der Waals surface area contributed by atoms with Gasteiger partial charge in [-0.05, 0) is 51.0 Å². The van der Waals surface area contributed by atoms with Crippen molar-refractivity contribution in [2.45, 2.75) is 57.1 Å². The minimum Gasteiger partial charge on any atom is -0.368 e. The maximum atomic E-state index is 13.1. The maximum absolute atomic E-state index is 13.1. The Labute approximate surface area is 170 Å². The van der Waals surface area contributed by atoms with Crippen LogP contribution >= 0.6 is 0 Å². The third-order valence-electron chi connectivity index (χ3n) is 6.30. The van der Waals surface area contributed by atoms with Crippen molar-refractivity contribution in [2.75, 3.05) is 31.1 Å². The number of hydrogen-bond acceptors (Lipinski definition) is 6. The number of anilines is 1. The highest BCUT2D eigenvalue weighted by atomic mass is 16.5. The largest absolute Gasteiger partial charge is 0.368 e. The van der Waals surface area contributed by atoms with Gasteiger partial charge in [-0.25, -0.2) is 9.97 Å². The summed E-state index contributed by atoms with van der Waals surface area (Å²) in [5, 5.41) is 7.47. The highest BCUT2D eigenvalue weighted by Crippen LogP contribution is 2.37. The van der Waals surface area contributed by atoms with Gasteiger partial charge in [0.1, 0.15) is 6.10 Å². The minimum absolute atomic E-state index is 0.00396. The molecule has 29 heavy (non-hydrogen) atoms. The summed E-state index contributed by atoms with van der Waals surface area (Å²) in [5.41, 5.74) is 2.79. The van der Waals surface area contributed by atoms with Crippen LogP contribution in [-0.4, -0.2) is 63.3 Å². The van der Waals surface area contributed by atoms with Crippen molar-refractivity contribution >= 4 is 11.9 Å².